The molecule has 0 saturated heterocycles. The maximum absolute atomic E-state index is 11.7. The van der Waals surface area contributed by atoms with E-state index in [0.717, 1.165) is 0 Å². The SMILES string of the molecule is CCOCCON=C(C(=O)OCC)c1csc(N)n1.Cl. The van der Waals surface area contributed by atoms with Crippen molar-refractivity contribution in [2.75, 3.05) is 32.2 Å². The lowest BCUT2D eigenvalue weighted by Crippen LogP contribution is -2.20. The van der Waals surface area contributed by atoms with Crippen molar-refractivity contribution in [3.8, 4) is 0 Å². The molecule has 1 heterocycles. The molecule has 0 bridgehead atoms. The van der Waals surface area contributed by atoms with Crippen LogP contribution in [0.3, 0.4) is 0 Å². The first kappa shape index (κ1) is 18.6. The first-order valence-corrected chi connectivity index (χ1v) is 6.73. The van der Waals surface area contributed by atoms with Crippen LogP contribution >= 0.6 is 23.7 Å². The molecular weight excluding hydrogens is 306 g/mol. The zero-order chi connectivity index (χ0) is 14.1. The summed E-state index contributed by atoms with van der Waals surface area (Å²) in [4.78, 5) is 20.7. The van der Waals surface area contributed by atoms with Crippen LogP contribution in [0.2, 0.25) is 0 Å². The summed E-state index contributed by atoms with van der Waals surface area (Å²) in [6.45, 7) is 5.08. The number of halogens is 1. The van der Waals surface area contributed by atoms with Crippen LogP contribution in [-0.2, 0) is 19.1 Å². The van der Waals surface area contributed by atoms with E-state index in [-0.39, 0.29) is 31.3 Å². The van der Waals surface area contributed by atoms with Gasteiger partial charge in [-0.05, 0) is 13.8 Å². The van der Waals surface area contributed by atoms with E-state index in [1.165, 1.54) is 11.3 Å². The number of hydrogen-bond donors (Lipinski definition) is 1. The third-order valence-electron chi connectivity index (χ3n) is 1.91. The average molecular weight is 324 g/mol. The van der Waals surface area contributed by atoms with E-state index >= 15 is 0 Å². The van der Waals surface area contributed by atoms with E-state index in [4.69, 9.17) is 20.0 Å². The van der Waals surface area contributed by atoms with Crippen molar-refractivity contribution in [2.45, 2.75) is 13.8 Å². The van der Waals surface area contributed by atoms with Gasteiger partial charge in [0.05, 0.1) is 13.2 Å². The number of aromatic nitrogens is 1. The largest absolute Gasteiger partial charge is 0.461 e. The lowest BCUT2D eigenvalue weighted by molar-refractivity contribution is -0.135. The molecule has 0 aliphatic rings. The van der Waals surface area contributed by atoms with Gasteiger partial charge in [-0.1, -0.05) is 5.16 Å². The normalized spacial score (nSPS) is 10.8. The standard InChI is InChI=1S/C11H17N3O4S.ClH/c1-3-16-5-6-18-14-9(10(15)17-4-2)8-7-19-11(12)13-8;/h7H,3-6H2,1-2H3,(H2,12,13);1H. The Kier molecular flexibility index (Phi) is 9.69. The molecular formula is C11H18ClN3O4S. The number of rotatable bonds is 8. The molecule has 9 heteroatoms. The Hall–Kier alpha value is -1.38. The molecule has 0 radical (unpaired) electrons. The molecule has 0 atom stereocenters. The van der Waals surface area contributed by atoms with Crippen LogP contribution in [0.5, 0.6) is 0 Å². The number of nitrogens with two attached hydrogens (primary N) is 1. The highest BCUT2D eigenvalue weighted by Crippen LogP contribution is 2.13. The number of carbonyl (C=O) groups is 1. The van der Waals surface area contributed by atoms with Crippen molar-refractivity contribution in [3.05, 3.63) is 11.1 Å². The molecule has 0 aliphatic carbocycles. The van der Waals surface area contributed by atoms with E-state index in [9.17, 15) is 4.79 Å². The van der Waals surface area contributed by atoms with Gasteiger partial charge in [0.25, 0.3) is 0 Å². The molecule has 0 spiro atoms. The Labute approximate surface area is 127 Å². The highest BCUT2D eigenvalue weighted by Gasteiger charge is 2.19. The molecule has 20 heavy (non-hydrogen) atoms. The molecule has 7 nitrogen and oxygen atoms in total. The van der Waals surface area contributed by atoms with Gasteiger partial charge >= 0.3 is 5.97 Å². The van der Waals surface area contributed by atoms with Gasteiger partial charge in [-0.15, -0.1) is 23.7 Å². The molecule has 114 valence electrons. The van der Waals surface area contributed by atoms with Gasteiger partial charge in [-0.25, -0.2) is 9.78 Å². The third-order valence-corrected chi connectivity index (χ3v) is 2.59. The molecule has 0 unspecified atom stereocenters. The molecule has 0 fully saturated rings. The van der Waals surface area contributed by atoms with Gasteiger partial charge in [-0.2, -0.15) is 0 Å². The summed E-state index contributed by atoms with van der Waals surface area (Å²) in [6, 6.07) is 0. The van der Waals surface area contributed by atoms with Gasteiger partial charge in [0.1, 0.15) is 12.3 Å². The predicted molar refractivity (Wildman–Crippen MR) is 79.4 cm³/mol. The Bertz CT molecular complexity index is 439. The zero-order valence-corrected chi connectivity index (χ0v) is 13.0. The van der Waals surface area contributed by atoms with Gasteiger partial charge in [0.15, 0.2) is 5.13 Å². The molecule has 0 amide bonds. The molecule has 0 aliphatic heterocycles. The van der Waals surface area contributed by atoms with E-state index in [1.54, 1.807) is 12.3 Å². The number of carbonyl (C=O) groups excluding carboxylic acids is 1. The number of thiazole rings is 1. The molecule has 1 aromatic rings. The van der Waals surface area contributed by atoms with Gasteiger partial charge in [0.2, 0.25) is 5.71 Å². The maximum atomic E-state index is 11.7. The number of esters is 1. The first-order valence-electron chi connectivity index (χ1n) is 5.85. The maximum Gasteiger partial charge on any atom is 0.362 e. The minimum Gasteiger partial charge on any atom is -0.461 e. The number of nitrogen functional groups attached to an aromatic ring is 1. The van der Waals surface area contributed by atoms with Crippen LogP contribution < -0.4 is 5.73 Å². The molecule has 0 saturated carbocycles. The summed E-state index contributed by atoms with van der Waals surface area (Å²) in [7, 11) is 0. The second-order valence-corrected chi connectivity index (χ2v) is 4.15. The summed E-state index contributed by atoms with van der Waals surface area (Å²) in [5.41, 5.74) is 5.87. The Morgan fingerprint density at radius 2 is 2.15 bits per heavy atom. The quantitative estimate of drug-likeness (QED) is 0.337. The summed E-state index contributed by atoms with van der Waals surface area (Å²) >= 11 is 1.21. The van der Waals surface area contributed by atoms with E-state index in [0.29, 0.717) is 24.0 Å². The van der Waals surface area contributed by atoms with Crippen LogP contribution in [0.1, 0.15) is 19.5 Å². The summed E-state index contributed by atoms with van der Waals surface area (Å²) in [6.07, 6.45) is 0. The van der Waals surface area contributed by atoms with E-state index in [2.05, 4.69) is 10.1 Å². The number of hydrogen-bond acceptors (Lipinski definition) is 8. The number of anilines is 1. The van der Waals surface area contributed by atoms with E-state index < -0.39 is 5.97 Å². The lowest BCUT2D eigenvalue weighted by atomic mass is 10.3. The monoisotopic (exact) mass is 323 g/mol. The predicted octanol–water partition coefficient (Wildman–Crippen LogP) is 1.47. The van der Waals surface area contributed by atoms with Gasteiger partial charge < -0.3 is 20.0 Å². The minimum absolute atomic E-state index is 0. The van der Waals surface area contributed by atoms with Crippen molar-refractivity contribution in [2.24, 2.45) is 5.16 Å². The second-order valence-electron chi connectivity index (χ2n) is 3.26. The van der Waals surface area contributed by atoms with Gasteiger partial charge in [-0.3, -0.25) is 0 Å². The Morgan fingerprint density at radius 1 is 1.40 bits per heavy atom. The smallest absolute Gasteiger partial charge is 0.362 e. The number of nitrogens with zero attached hydrogens (tertiary/aromatic N) is 2. The van der Waals surface area contributed by atoms with E-state index in [1.807, 2.05) is 6.92 Å². The molecule has 1 rings (SSSR count). The average Bonchev–Trinajstić information content (AvgIpc) is 2.80. The zero-order valence-electron chi connectivity index (χ0n) is 11.3. The second kappa shape index (κ2) is 10.4. The molecule has 0 aromatic carbocycles. The Morgan fingerprint density at radius 3 is 2.70 bits per heavy atom. The summed E-state index contributed by atoms with van der Waals surface area (Å²) in [5.74, 6) is -0.593. The van der Waals surface area contributed by atoms with Crippen molar-refractivity contribution in [1.29, 1.82) is 0 Å². The van der Waals surface area contributed by atoms with Crippen molar-refractivity contribution in [3.63, 3.8) is 0 Å². The van der Waals surface area contributed by atoms with Gasteiger partial charge in [0, 0.05) is 12.0 Å². The van der Waals surface area contributed by atoms with Crippen molar-refractivity contribution in [1.82, 2.24) is 4.98 Å². The topological polar surface area (TPSA) is 96.0 Å². The third kappa shape index (κ3) is 6.18. The fourth-order valence-corrected chi connectivity index (χ4v) is 1.68. The highest BCUT2D eigenvalue weighted by molar-refractivity contribution is 7.13. The van der Waals surface area contributed by atoms with Crippen LogP contribution in [0.25, 0.3) is 0 Å². The molecule has 2 N–H and O–H groups in total. The lowest BCUT2D eigenvalue weighted by Gasteiger charge is -2.04. The fourth-order valence-electron chi connectivity index (χ4n) is 1.14. The number of oxime groups is 1. The van der Waals surface area contributed by atoms with Crippen LogP contribution in [-0.4, -0.2) is 43.1 Å². The fraction of sp³-hybridized carbons (Fsp3) is 0.545. The van der Waals surface area contributed by atoms with Crippen molar-refractivity contribution < 1.29 is 19.1 Å². The van der Waals surface area contributed by atoms with Crippen LogP contribution in [0, 0.1) is 0 Å². The van der Waals surface area contributed by atoms with Crippen LogP contribution in [0.4, 0.5) is 5.13 Å². The summed E-state index contributed by atoms with van der Waals surface area (Å²) in [5, 5.41) is 5.72. The van der Waals surface area contributed by atoms with Crippen molar-refractivity contribution >= 4 is 40.6 Å². The Balaban J connectivity index is 0.00000361. The summed E-state index contributed by atoms with van der Waals surface area (Å²) < 4.78 is 9.98. The molecule has 1 aromatic heterocycles. The van der Waals surface area contributed by atoms with Crippen LogP contribution in [0.15, 0.2) is 10.5 Å². The minimum atomic E-state index is -0.593. The number of ether oxygens (including phenoxy) is 2. The first-order chi connectivity index (χ1) is 9.19. The highest BCUT2D eigenvalue weighted by atomic mass is 35.5.